The van der Waals surface area contributed by atoms with Gasteiger partial charge in [0.2, 0.25) is 5.91 Å². The molecular formula is C11H14Cl2N2O2. The summed E-state index contributed by atoms with van der Waals surface area (Å²) in [5, 5.41) is 3.54. The summed E-state index contributed by atoms with van der Waals surface area (Å²) in [4.78, 5) is 11.7. The van der Waals surface area contributed by atoms with Crippen LogP contribution in [0.15, 0.2) is 18.2 Å². The lowest BCUT2D eigenvalue weighted by Crippen LogP contribution is -2.36. The van der Waals surface area contributed by atoms with Crippen LogP contribution in [-0.2, 0) is 9.53 Å². The van der Waals surface area contributed by atoms with Crippen molar-refractivity contribution in [1.82, 2.24) is 0 Å². The molecule has 1 atom stereocenters. The minimum atomic E-state index is -0.634. The van der Waals surface area contributed by atoms with Gasteiger partial charge < -0.3 is 15.8 Å². The third kappa shape index (κ3) is 4.52. The second-order valence-electron chi connectivity index (χ2n) is 3.50. The van der Waals surface area contributed by atoms with Gasteiger partial charge in [-0.1, -0.05) is 23.2 Å². The molecule has 0 fully saturated rings. The number of methoxy groups -OCH3 is 1. The number of rotatable bonds is 5. The van der Waals surface area contributed by atoms with E-state index in [4.69, 9.17) is 33.7 Å². The Hall–Kier alpha value is -0.810. The Balaban J connectivity index is 2.64. The molecule has 1 aromatic carbocycles. The lowest BCUT2D eigenvalue weighted by Gasteiger charge is -2.12. The van der Waals surface area contributed by atoms with E-state index in [1.807, 2.05) is 0 Å². The summed E-state index contributed by atoms with van der Waals surface area (Å²) in [6, 6.07) is 4.19. The second-order valence-corrected chi connectivity index (χ2v) is 4.35. The molecule has 1 aromatic rings. The monoisotopic (exact) mass is 276 g/mol. The van der Waals surface area contributed by atoms with Crippen LogP contribution in [0.3, 0.4) is 0 Å². The predicted molar refractivity (Wildman–Crippen MR) is 69.6 cm³/mol. The molecule has 17 heavy (non-hydrogen) atoms. The highest BCUT2D eigenvalue weighted by Crippen LogP contribution is 2.25. The smallest absolute Gasteiger partial charge is 0.241 e. The van der Waals surface area contributed by atoms with Crippen LogP contribution in [0.2, 0.25) is 10.0 Å². The zero-order chi connectivity index (χ0) is 12.8. The third-order valence-electron chi connectivity index (χ3n) is 2.16. The summed E-state index contributed by atoms with van der Waals surface area (Å²) >= 11 is 11.7. The lowest BCUT2D eigenvalue weighted by molar-refractivity contribution is -0.117. The van der Waals surface area contributed by atoms with Gasteiger partial charge in [0, 0.05) is 18.7 Å². The van der Waals surface area contributed by atoms with Crippen molar-refractivity contribution in [2.24, 2.45) is 5.73 Å². The van der Waals surface area contributed by atoms with E-state index in [2.05, 4.69) is 5.32 Å². The first-order chi connectivity index (χ1) is 8.04. The average molecular weight is 277 g/mol. The van der Waals surface area contributed by atoms with Gasteiger partial charge in [0.05, 0.1) is 16.8 Å². The zero-order valence-corrected chi connectivity index (χ0v) is 10.9. The summed E-state index contributed by atoms with van der Waals surface area (Å²) in [6.45, 7) is 0.428. The van der Waals surface area contributed by atoms with E-state index in [-0.39, 0.29) is 5.91 Å². The number of nitrogens with two attached hydrogens (primary N) is 1. The first-order valence-electron chi connectivity index (χ1n) is 5.05. The van der Waals surface area contributed by atoms with Crippen molar-refractivity contribution in [3.05, 3.63) is 28.2 Å². The number of hydrogen-bond donors (Lipinski definition) is 2. The van der Waals surface area contributed by atoms with Crippen molar-refractivity contribution in [3.8, 4) is 0 Å². The number of amides is 1. The molecule has 1 amide bonds. The van der Waals surface area contributed by atoms with E-state index in [1.165, 1.54) is 0 Å². The van der Waals surface area contributed by atoms with Crippen LogP contribution in [0.25, 0.3) is 0 Å². The Labute approximate surface area is 110 Å². The SMILES string of the molecule is COCCC(N)C(=O)Nc1cc(Cl)ccc1Cl. The Morgan fingerprint density at radius 3 is 2.88 bits per heavy atom. The van der Waals surface area contributed by atoms with Gasteiger partial charge in [-0.05, 0) is 24.6 Å². The van der Waals surface area contributed by atoms with Crippen LogP contribution in [0.4, 0.5) is 5.69 Å². The molecule has 0 saturated heterocycles. The second kappa shape index (κ2) is 6.81. The number of carbonyl (C=O) groups excluding carboxylic acids is 1. The van der Waals surface area contributed by atoms with Crippen molar-refractivity contribution in [3.63, 3.8) is 0 Å². The summed E-state index contributed by atoms with van der Waals surface area (Å²) in [6.07, 6.45) is 0.445. The topological polar surface area (TPSA) is 64.3 Å². The Bertz CT molecular complexity index is 399. The van der Waals surface area contributed by atoms with Crippen molar-refractivity contribution >= 4 is 34.8 Å². The molecule has 0 heterocycles. The molecule has 1 unspecified atom stereocenters. The van der Waals surface area contributed by atoms with E-state index in [9.17, 15) is 4.79 Å². The molecule has 0 aromatic heterocycles. The number of halogens is 2. The highest BCUT2D eigenvalue weighted by Gasteiger charge is 2.14. The minimum Gasteiger partial charge on any atom is -0.385 e. The molecule has 0 aliphatic carbocycles. The maximum Gasteiger partial charge on any atom is 0.241 e. The van der Waals surface area contributed by atoms with Crippen molar-refractivity contribution in [2.45, 2.75) is 12.5 Å². The highest BCUT2D eigenvalue weighted by atomic mass is 35.5. The molecule has 3 N–H and O–H groups in total. The number of benzene rings is 1. The van der Waals surface area contributed by atoms with Crippen LogP contribution < -0.4 is 11.1 Å². The van der Waals surface area contributed by atoms with Gasteiger partial charge in [0.1, 0.15) is 0 Å². The van der Waals surface area contributed by atoms with Gasteiger partial charge >= 0.3 is 0 Å². The number of carbonyl (C=O) groups is 1. The van der Waals surface area contributed by atoms with Crippen LogP contribution in [0.1, 0.15) is 6.42 Å². The van der Waals surface area contributed by atoms with Gasteiger partial charge in [-0.2, -0.15) is 0 Å². The number of ether oxygens (including phenoxy) is 1. The predicted octanol–water partition coefficient (Wildman–Crippen LogP) is 2.30. The summed E-state index contributed by atoms with van der Waals surface area (Å²) in [5.74, 6) is -0.314. The molecule has 0 spiro atoms. The molecule has 0 aliphatic heterocycles. The van der Waals surface area contributed by atoms with Crippen LogP contribution in [-0.4, -0.2) is 25.7 Å². The third-order valence-corrected chi connectivity index (χ3v) is 2.72. The molecule has 94 valence electrons. The molecule has 0 radical (unpaired) electrons. The van der Waals surface area contributed by atoms with Gasteiger partial charge in [0.25, 0.3) is 0 Å². The van der Waals surface area contributed by atoms with Crippen LogP contribution in [0, 0.1) is 0 Å². The van der Waals surface area contributed by atoms with E-state index in [0.717, 1.165) is 0 Å². The number of hydrogen-bond acceptors (Lipinski definition) is 3. The Kier molecular flexibility index (Phi) is 5.71. The van der Waals surface area contributed by atoms with Crippen molar-refractivity contribution in [1.29, 1.82) is 0 Å². The lowest BCUT2D eigenvalue weighted by atomic mass is 10.2. The van der Waals surface area contributed by atoms with Gasteiger partial charge in [-0.25, -0.2) is 0 Å². The molecular weight excluding hydrogens is 263 g/mol. The van der Waals surface area contributed by atoms with Crippen molar-refractivity contribution < 1.29 is 9.53 Å². The van der Waals surface area contributed by atoms with Crippen LogP contribution >= 0.6 is 23.2 Å². The van der Waals surface area contributed by atoms with Gasteiger partial charge in [-0.3, -0.25) is 4.79 Å². The first-order valence-corrected chi connectivity index (χ1v) is 5.80. The van der Waals surface area contributed by atoms with Crippen molar-refractivity contribution in [2.75, 3.05) is 19.0 Å². The fourth-order valence-corrected chi connectivity index (χ4v) is 1.53. The Morgan fingerprint density at radius 1 is 1.53 bits per heavy atom. The summed E-state index contributed by atoms with van der Waals surface area (Å²) in [7, 11) is 1.55. The fourth-order valence-electron chi connectivity index (χ4n) is 1.19. The van der Waals surface area contributed by atoms with E-state index in [0.29, 0.717) is 28.8 Å². The summed E-state index contributed by atoms with van der Waals surface area (Å²) in [5.41, 5.74) is 6.13. The van der Waals surface area contributed by atoms with E-state index in [1.54, 1.807) is 25.3 Å². The van der Waals surface area contributed by atoms with E-state index < -0.39 is 6.04 Å². The van der Waals surface area contributed by atoms with Gasteiger partial charge in [0.15, 0.2) is 0 Å². The standard InChI is InChI=1S/C11H14Cl2N2O2/c1-17-5-4-9(14)11(16)15-10-6-7(12)2-3-8(10)13/h2-3,6,9H,4-5,14H2,1H3,(H,15,16). The molecule has 4 nitrogen and oxygen atoms in total. The number of anilines is 1. The normalized spacial score (nSPS) is 12.2. The molecule has 6 heteroatoms. The maximum absolute atomic E-state index is 11.7. The summed E-state index contributed by atoms with van der Waals surface area (Å²) < 4.78 is 4.85. The fraction of sp³-hybridized carbons (Fsp3) is 0.364. The van der Waals surface area contributed by atoms with Crippen LogP contribution in [0.5, 0.6) is 0 Å². The first kappa shape index (κ1) is 14.3. The number of nitrogens with one attached hydrogen (secondary N) is 1. The molecule has 0 aliphatic rings. The largest absolute Gasteiger partial charge is 0.385 e. The molecule has 0 saturated carbocycles. The van der Waals surface area contributed by atoms with E-state index >= 15 is 0 Å². The quantitative estimate of drug-likeness (QED) is 0.868. The average Bonchev–Trinajstić information content (AvgIpc) is 2.30. The maximum atomic E-state index is 11.7. The highest BCUT2D eigenvalue weighted by molar-refractivity contribution is 6.35. The molecule has 1 rings (SSSR count). The minimum absolute atomic E-state index is 0.314. The Morgan fingerprint density at radius 2 is 2.24 bits per heavy atom. The molecule has 0 bridgehead atoms. The van der Waals surface area contributed by atoms with Gasteiger partial charge in [-0.15, -0.1) is 0 Å². The zero-order valence-electron chi connectivity index (χ0n) is 9.37.